The molecule has 2 atom stereocenters. The molecule has 3 heterocycles. The van der Waals surface area contributed by atoms with Gasteiger partial charge >= 0.3 is 0 Å². The highest BCUT2D eigenvalue weighted by Gasteiger charge is 2.33. The molecule has 2 aromatic heterocycles. The molecule has 0 aliphatic carbocycles. The molecule has 1 N–H and O–H groups in total. The number of furan rings is 1. The fraction of sp³-hybridized carbons (Fsp3) is 0.438. The van der Waals surface area contributed by atoms with Crippen molar-refractivity contribution in [2.24, 2.45) is 0 Å². The zero-order valence-corrected chi connectivity index (χ0v) is 13.0. The lowest BCUT2D eigenvalue weighted by atomic mass is 9.90. The molecule has 0 spiro atoms. The molecule has 1 aliphatic heterocycles. The van der Waals surface area contributed by atoms with Gasteiger partial charge in [-0.3, -0.25) is 4.79 Å². The lowest BCUT2D eigenvalue weighted by Crippen LogP contribution is -2.45. The monoisotopic (exact) mass is 305 g/mol. The molecule has 2 aromatic rings. The molecule has 1 saturated heterocycles. The van der Waals surface area contributed by atoms with Crippen LogP contribution in [0.2, 0.25) is 0 Å². The molecule has 1 fully saturated rings. The summed E-state index contributed by atoms with van der Waals surface area (Å²) in [6.07, 6.45) is 1.80. The van der Waals surface area contributed by atoms with Gasteiger partial charge < -0.3 is 14.4 Å². The Labute approximate surface area is 128 Å². The van der Waals surface area contributed by atoms with Crippen molar-refractivity contribution >= 4 is 17.2 Å². The van der Waals surface area contributed by atoms with Gasteiger partial charge in [-0.2, -0.15) is 0 Å². The minimum absolute atomic E-state index is 0.127. The Morgan fingerprint density at radius 1 is 1.38 bits per heavy atom. The topological polar surface area (TPSA) is 53.7 Å². The molecule has 1 aliphatic rings. The van der Waals surface area contributed by atoms with Crippen molar-refractivity contribution < 1.29 is 14.3 Å². The van der Waals surface area contributed by atoms with Crippen molar-refractivity contribution in [2.75, 3.05) is 13.1 Å². The van der Waals surface area contributed by atoms with E-state index in [9.17, 15) is 9.90 Å². The van der Waals surface area contributed by atoms with E-state index in [1.807, 2.05) is 6.92 Å². The summed E-state index contributed by atoms with van der Waals surface area (Å²) in [4.78, 5) is 15.3. The molecule has 0 bridgehead atoms. The molecular weight excluding hydrogens is 286 g/mol. The van der Waals surface area contributed by atoms with Crippen molar-refractivity contribution in [3.63, 3.8) is 0 Å². The Hall–Kier alpha value is -1.59. The number of rotatable bonds is 2. The van der Waals surface area contributed by atoms with Gasteiger partial charge in [-0.1, -0.05) is 0 Å². The van der Waals surface area contributed by atoms with Gasteiger partial charge in [0, 0.05) is 29.4 Å². The summed E-state index contributed by atoms with van der Waals surface area (Å²) in [7, 11) is 0. The third-order valence-corrected chi connectivity index (χ3v) is 5.31. The Kier molecular flexibility index (Phi) is 3.87. The van der Waals surface area contributed by atoms with E-state index in [-0.39, 0.29) is 11.8 Å². The first kappa shape index (κ1) is 14.4. The molecule has 5 heteroatoms. The molecule has 0 aromatic carbocycles. The van der Waals surface area contributed by atoms with Crippen LogP contribution in [0.3, 0.4) is 0 Å². The average Bonchev–Trinajstić information content (AvgIpc) is 3.07. The molecule has 0 saturated carbocycles. The highest BCUT2D eigenvalue weighted by atomic mass is 32.1. The number of aliphatic hydroxyl groups excluding tert-OH is 1. The van der Waals surface area contributed by atoms with Gasteiger partial charge in [0.05, 0.1) is 12.4 Å². The van der Waals surface area contributed by atoms with Gasteiger partial charge in [0.25, 0.3) is 5.91 Å². The van der Waals surface area contributed by atoms with Crippen LogP contribution in [0.15, 0.2) is 28.2 Å². The first-order valence-corrected chi connectivity index (χ1v) is 8.01. The van der Waals surface area contributed by atoms with Crippen molar-refractivity contribution in [1.29, 1.82) is 0 Å². The van der Waals surface area contributed by atoms with Crippen LogP contribution in [0.1, 0.15) is 38.9 Å². The quantitative estimate of drug-likeness (QED) is 0.928. The fourth-order valence-corrected chi connectivity index (χ4v) is 4.04. The smallest absolute Gasteiger partial charge is 0.289 e. The van der Waals surface area contributed by atoms with E-state index in [0.29, 0.717) is 18.8 Å². The molecule has 4 nitrogen and oxygen atoms in total. The van der Waals surface area contributed by atoms with Gasteiger partial charge in [-0.05, 0) is 43.3 Å². The number of carbonyl (C=O) groups is 1. The summed E-state index contributed by atoms with van der Waals surface area (Å²) in [5.74, 6) is 0.387. The van der Waals surface area contributed by atoms with Crippen LogP contribution in [-0.2, 0) is 0 Å². The van der Waals surface area contributed by atoms with Crippen molar-refractivity contribution in [3.8, 4) is 0 Å². The Morgan fingerprint density at radius 3 is 2.76 bits per heavy atom. The van der Waals surface area contributed by atoms with E-state index >= 15 is 0 Å². The van der Waals surface area contributed by atoms with Crippen LogP contribution < -0.4 is 0 Å². The van der Waals surface area contributed by atoms with Crippen LogP contribution in [0.5, 0.6) is 0 Å². The highest BCUT2D eigenvalue weighted by Crippen LogP contribution is 2.34. The van der Waals surface area contributed by atoms with Crippen LogP contribution in [0, 0.1) is 13.8 Å². The number of likely N-dealkylation sites (tertiary alicyclic amines) is 1. The zero-order valence-electron chi connectivity index (χ0n) is 12.2. The second kappa shape index (κ2) is 5.66. The SMILES string of the molecule is Cc1ccoc1C(=O)N1CC[C@H](c2sccc2C)[C@@H](O)C1. The normalized spacial score (nSPS) is 22.5. The Morgan fingerprint density at radius 2 is 2.19 bits per heavy atom. The summed E-state index contributed by atoms with van der Waals surface area (Å²) in [6.45, 7) is 4.94. The minimum Gasteiger partial charge on any atom is -0.459 e. The van der Waals surface area contributed by atoms with E-state index in [2.05, 4.69) is 18.4 Å². The number of aliphatic hydroxyl groups is 1. The van der Waals surface area contributed by atoms with E-state index in [0.717, 1.165) is 12.0 Å². The third kappa shape index (κ3) is 2.63. The Bertz CT molecular complexity index is 645. The maximum atomic E-state index is 12.4. The number of aryl methyl sites for hydroxylation is 2. The first-order valence-electron chi connectivity index (χ1n) is 7.13. The first-order chi connectivity index (χ1) is 10.1. The number of amides is 1. The van der Waals surface area contributed by atoms with Gasteiger partial charge in [0.2, 0.25) is 0 Å². The molecule has 112 valence electrons. The zero-order chi connectivity index (χ0) is 15.0. The second-order valence-corrected chi connectivity index (χ2v) is 6.56. The predicted molar refractivity (Wildman–Crippen MR) is 81.8 cm³/mol. The van der Waals surface area contributed by atoms with Gasteiger partial charge in [-0.15, -0.1) is 11.3 Å². The summed E-state index contributed by atoms with van der Waals surface area (Å²) >= 11 is 1.69. The Balaban J connectivity index is 1.73. The van der Waals surface area contributed by atoms with E-state index in [4.69, 9.17) is 4.42 Å². The molecule has 0 unspecified atom stereocenters. The van der Waals surface area contributed by atoms with Crippen LogP contribution in [0.25, 0.3) is 0 Å². The van der Waals surface area contributed by atoms with Crippen LogP contribution in [-0.4, -0.2) is 35.1 Å². The second-order valence-electron chi connectivity index (χ2n) is 5.61. The van der Waals surface area contributed by atoms with E-state index in [1.165, 1.54) is 16.7 Å². The number of carbonyl (C=O) groups excluding carboxylic acids is 1. The van der Waals surface area contributed by atoms with Gasteiger partial charge in [0.15, 0.2) is 5.76 Å². The van der Waals surface area contributed by atoms with Crippen LogP contribution >= 0.6 is 11.3 Å². The van der Waals surface area contributed by atoms with Crippen molar-refractivity contribution in [2.45, 2.75) is 32.3 Å². The largest absolute Gasteiger partial charge is 0.459 e. The number of thiophene rings is 1. The van der Waals surface area contributed by atoms with E-state index in [1.54, 1.807) is 22.3 Å². The maximum absolute atomic E-state index is 12.4. The third-order valence-electron chi connectivity index (χ3n) is 4.16. The molecular formula is C16H19NO3S. The minimum atomic E-state index is -0.518. The molecule has 3 rings (SSSR count). The summed E-state index contributed by atoms with van der Waals surface area (Å²) < 4.78 is 5.26. The number of nitrogens with zero attached hydrogens (tertiary/aromatic N) is 1. The highest BCUT2D eigenvalue weighted by molar-refractivity contribution is 7.10. The molecule has 0 radical (unpaired) electrons. The fourth-order valence-electron chi connectivity index (χ4n) is 2.92. The lowest BCUT2D eigenvalue weighted by molar-refractivity contribution is 0.0364. The van der Waals surface area contributed by atoms with Gasteiger partial charge in [-0.25, -0.2) is 0 Å². The standard InChI is InChI=1S/C16H19NO3S/c1-10-4-7-20-14(10)16(19)17-6-3-12(13(18)9-17)15-11(2)5-8-21-15/h4-5,7-8,12-13,18H,3,6,9H2,1-2H3/t12-,13-/m0/s1. The maximum Gasteiger partial charge on any atom is 0.289 e. The van der Waals surface area contributed by atoms with E-state index < -0.39 is 6.10 Å². The van der Waals surface area contributed by atoms with Gasteiger partial charge in [0.1, 0.15) is 0 Å². The summed E-state index contributed by atoms with van der Waals surface area (Å²) in [5.41, 5.74) is 2.07. The molecule has 21 heavy (non-hydrogen) atoms. The van der Waals surface area contributed by atoms with Crippen molar-refractivity contribution in [3.05, 3.63) is 45.5 Å². The number of hydrogen-bond acceptors (Lipinski definition) is 4. The summed E-state index contributed by atoms with van der Waals surface area (Å²) in [6, 6.07) is 3.86. The number of β-amino-alcohol motifs (C(OH)–C–C–N with tert-alkyl or cyclic N) is 1. The molecule has 1 amide bonds. The summed E-state index contributed by atoms with van der Waals surface area (Å²) in [5, 5.41) is 12.5. The number of piperidine rings is 1. The predicted octanol–water partition coefficient (Wildman–Crippen LogP) is 2.95. The lowest BCUT2D eigenvalue weighted by Gasteiger charge is -2.35. The van der Waals surface area contributed by atoms with Crippen molar-refractivity contribution in [1.82, 2.24) is 4.90 Å². The van der Waals surface area contributed by atoms with Crippen LogP contribution in [0.4, 0.5) is 0 Å². The average molecular weight is 305 g/mol. The number of hydrogen-bond donors (Lipinski definition) is 1.